The molecule has 1 aliphatic rings. The molecule has 1 aromatic heterocycles. The highest BCUT2D eigenvalue weighted by Gasteiger charge is 2.23. The van der Waals surface area contributed by atoms with Crippen molar-refractivity contribution in [2.45, 2.75) is 12.8 Å². The van der Waals surface area contributed by atoms with E-state index in [1.54, 1.807) is 31.4 Å². The Morgan fingerprint density at radius 1 is 1.11 bits per heavy atom. The minimum atomic E-state index is -0.412. The molecule has 0 unspecified atom stereocenters. The summed E-state index contributed by atoms with van der Waals surface area (Å²) < 4.78 is 22.9. The summed E-state index contributed by atoms with van der Waals surface area (Å²) in [6, 6.07) is 12.8. The fourth-order valence-corrected chi connectivity index (χ4v) is 4.86. The van der Waals surface area contributed by atoms with Gasteiger partial charge in [-0.1, -0.05) is 12.1 Å². The summed E-state index contributed by atoms with van der Waals surface area (Å²) in [6.45, 7) is 4.09. The first-order valence-corrected chi connectivity index (χ1v) is 12.8. The van der Waals surface area contributed by atoms with Crippen molar-refractivity contribution < 1.29 is 18.8 Å². The summed E-state index contributed by atoms with van der Waals surface area (Å²) in [5.41, 5.74) is 1.90. The van der Waals surface area contributed by atoms with Gasteiger partial charge in [0.25, 0.3) is 5.69 Å². The number of nitro groups is 1. The van der Waals surface area contributed by atoms with Gasteiger partial charge >= 0.3 is 0 Å². The highest BCUT2D eigenvalue weighted by molar-refractivity contribution is 7.09. The first-order chi connectivity index (χ1) is 17.9. The topological polar surface area (TPSA) is 105 Å². The number of carbonyl (C=O) groups is 1. The SMILES string of the molecule is COCCN(CCC(=O)N1CCN(c2ccc([N+](=O)[O-])cc2)CC1)c1nc(Cc2ccc(F)cc2)ns1. The minimum Gasteiger partial charge on any atom is -0.383 e. The zero-order valence-corrected chi connectivity index (χ0v) is 21.4. The van der Waals surface area contributed by atoms with Crippen molar-refractivity contribution >= 4 is 33.9 Å². The molecule has 3 aromatic rings. The molecule has 2 aromatic carbocycles. The number of amides is 1. The van der Waals surface area contributed by atoms with Crippen LogP contribution in [0.1, 0.15) is 17.8 Å². The number of nitrogens with zero attached hydrogens (tertiary/aromatic N) is 6. The summed E-state index contributed by atoms with van der Waals surface area (Å²) in [5.74, 6) is 0.448. The summed E-state index contributed by atoms with van der Waals surface area (Å²) in [5, 5.41) is 11.6. The lowest BCUT2D eigenvalue weighted by molar-refractivity contribution is -0.384. The van der Waals surface area contributed by atoms with E-state index in [0.29, 0.717) is 64.5 Å². The number of halogens is 1. The van der Waals surface area contributed by atoms with Crippen molar-refractivity contribution in [2.75, 3.05) is 62.8 Å². The average molecular weight is 529 g/mol. The molecular weight excluding hydrogens is 499 g/mol. The van der Waals surface area contributed by atoms with E-state index in [2.05, 4.69) is 14.3 Å². The third-order valence-corrected chi connectivity index (χ3v) is 7.04. The summed E-state index contributed by atoms with van der Waals surface area (Å²) in [7, 11) is 1.63. The van der Waals surface area contributed by atoms with Gasteiger partial charge in [-0.3, -0.25) is 14.9 Å². The van der Waals surface area contributed by atoms with Gasteiger partial charge in [-0.15, -0.1) is 0 Å². The Bertz CT molecular complexity index is 1180. The van der Waals surface area contributed by atoms with E-state index in [-0.39, 0.29) is 17.4 Å². The maximum Gasteiger partial charge on any atom is 0.269 e. The fourth-order valence-electron chi connectivity index (χ4n) is 4.12. The summed E-state index contributed by atoms with van der Waals surface area (Å²) >= 11 is 1.28. The van der Waals surface area contributed by atoms with Gasteiger partial charge in [0.05, 0.1) is 11.5 Å². The molecule has 12 heteroatoms. The first kappa shape index (κ1) is 26.4. The molecule has 1 aliphatic heterocycles. The standard InChI is InChI=1S/C25H29FN6O4S/c1-36-17-16-31(25-27-23(28-37-25)18-19-2-4-20(26)5-3-19)11-10-24(33)30-14-12-29(13-15-30)21-6-8-22(9-7-21)32(34)35/h2-9H,10-18H2,1H3. The van der Waals surface area contributed by atoms with Crippen molar-refractivity contribution in [3.8, 4) is 0 Å². The molecule has 0 saturated carbocycles. The van der Waals surface area contributed by atoms with Gasteiger partial charge in [-0.05, 0) is 29.8 Å². The lowest BCUT2D eigenvalue weighted by Crippen LogP contribution is -2.49. The van der Waals surface area contributed by atoms with Gasteiger partial charge in [0.1, 0.15) is 11.6 Å². The average Bonchev–Trinajstić information content (AvgIpc) is 3.38. The predicted molar refractivity (Wildman–Crippen MR) is 140 cm³/mol. The van der Waals surface area contributed by atoms with Crippen molar-refractivity contribution in [1.82, 2.24) is 14.3 Å². The van der Waals surface area contributed by atoms with Crippen LogP contribution in [-0.2, 0) is 16.0 Å². The van der Waals surface area contributed by atoms with E-state index < -0.39 is 4.92 Å². The van der Waals surface area contributed by atoms with Crippen LogP contribution < -0.4 is 9.80 Å². The van der Waals surface area contributed by atoms with E-state index in [9.17, 15) is 19.3 Å². The lowest BCUT2D eigenvalue weighted by Gasteiger charge is -2.36. The number of methoxy groups -OCH3 is 1. The quantitative estimate of drug-likeness (QED) is 0.276. The zero-order chi connectivity index (χ0) is 26.2. The van der Waals surface area contributed by atoms with E-state index in [1.165, 1.54) is 35.8 Å². The van der Waals surface area contributed by atoms with Crippen molar-refractivity contribution in [3.05, 3.63) is 75.9 Å². The largest absolute Gasteiger partial charge is 0.383 e. The molecule has 0 N–H and O–H groups in total. The Hall–Kier alpha value is -3.64. The molecule has 0 spiro atoms. The molecular formula is C25H29FN6O4S. The van der Waals surface area contributed by atoms with Crippen LogP contribution in [0.15, 0.2) is 48.5 Å². The highest BCUT2D eigenvalue weighted by atomic mass is 32.1. The number of non-ortho nitro benzene ring substituents is 1. The molecule has 1 amide bonds. The molecule has 0 atom stereocenters. The second kappa shape index (κ2) is 12.5. The number of ether oxygens (including phenoxy) is 1. The maximum atomic E-state index is 13.2. The summed E-state index contributed by atoms with van der Waals surface area (Å²) in [6.07, 6.45) is 0.848. The fraction of sp³-hybridized carbons (Fsp3) is 0.400. The van der Waals surface area contributed by atoms with Crippen molar-refractivity contribution in [2.24, 2.45) is 0 Å². The second-order valence-electron chi connectivity index (χ2n) is 8.67. The monoisotopic (exact) mass is 528 g/mol. The normalized spacial score (nSPS) is 13.6. The number of carbonyl (C=O) groups excluding carboxylic acids is 1. The van der Waals surface area contributed by atoms with Crippen LogP contribution in [0, 0.1) is 15.9 Å². The van der Waals surface area contributed by atoms with Gasteiger partial charge in [0, 0.05) is 88.6 Å². The van der Waals surface area contributed by atoms with Crippen LogP contribution in [0.3, 0.4) is 0 Å². The molecule has 0 bridgehead atoms. The number of anilines is 2. The Morgan fingerprint density at radius 3 is 2.46 bits per heavy atom. The number of hydrogen-bond acceptors (Lipinski definition) is 9. The Morgan fingerprint density at radius 2 is 1.81 bits per heavy atom. The lowest BCUT2D eigenvalue weighted by atomic mass is 10.1. The highest BCUT2D eigenvalue weighted by Crippen LogP contribution is 2.22. The van der Waals surface area contributed by atoms with Crippen LogP contribution in [-0.4, -0.2) is 78.1 Å². The molecule has 10 nitrogen and oxygen atoms in total. The Balaban J connectivity index is 1.29. The summed E-state index contributed by atoms with van der Waals surface area (Å²) in [4.78, 5) is 34.1. The number of piperazine rings is 1. The molecule has 1 saturated heterocycles. The van der Waals surface area contributed by atoms with E-state index in [0.717, 1.165) is 16.4 Å². The minimum absolute atomic E-state index is 0.0635. The van der Waals surface area contributed by atoms with Crippen molar-refractivity contribution in [3.63, 3.8) is 0 Å². The molecule has 196 valence electrons. The van der Waals surface area contributed by atoms with Crippen LogP contribution in [0.2, 0.25) is 0 Å². The number of hydrogen-bond donors (Lipinski definition) is 0. The molecule has 4 rings (SSSR count). The first-order valence-electron chi connectivity index (χ1n) is 12.0. The third-order valence-electron chi connectivity index (χ3n) is 6.22. The molecule has 1 fully saturated rings. The van der Waals surface area contributed by atoms with Gasteiger partial charge in [-0.2, -0.15) is 4.37 Å². The van der Waals surface area contributed by atoms with Crippen molar-refractivity contribution in [1.29, 1.82) is 0 Å². The molecule has 0 radical (unpaired) electrons. The second-order valence-corrected chi connectivity index (χ2v) is 9.40. The van der Waals surface area contributed by atoms with Crippen LogP contribution in [0.5, 0.6) is 0 Å². The van der Waals surface area contributed by atoms with Gasteiger partial charge in [0.2, 0.25) is 11.0 Å². The molecule has 37 heavy (non-hydrogen) atoms. The number of benzene rings is 2. The Labute approximate surface area is 218 Å². The van der Waals surface area contributed by atoms with E-state index in [1.807, 2.05) is 9.80 Å². The van der Waals surface area contributed by atoms with Gasteiger partial charge in [0.15, 0.2) is 0 Å². The maximum absolute atomic E-state index is 13.2. The Kier molecular flexibility index (Phi) is 8.96. The van der Waals surface area contributed by atoms with Crippen LogP contribution in [0.25, 0.3) is 0 Å². The number of aromatic nitrogens is 2. The molecule has 2 heterocycles. The predicted octanol–water partition coefficient (Wildman–Crippen LogP) is 3.37. The van der Waals surface area contributed by atoms with Gasteiger partial charge < -0.3 is 19.4 Å². The van der Waals surface area contributed by atoms with Gasteiger partial charge in [-0.25, -0.2) is 9.37 Å². The number of nitro benzene ring substituents is 1. The third kappa shape index (κ3) is 7.20. The number of rotatable bonds is 11. The zero-order valence-electron chi connectivity index (χ0n) is 20.6. The van der Waals surface area contributed by atoms with Crippen LogP contribution in [0.4, 0.5) is 20.9 Å². The van der Waals surface area contributed by atoms with Crippen LogP contribution >= 0.6 is 11.5 Å². The van der Waals surface area contributed by atoms with E-state index in [4.69, 9.17) is 4.74 Å². The smallest absolute Gasteiger partial charge is 0.269 e. The van der Waals surface area contributed by atoms with E-state index >= 15 is 0 Å². The molecule has 0 aliphatic carbocycles.